The van der Waals surface area contributed by atoms with E-state index >= 15 is 0 Å². The second-order valence-corrected chi connectivity index (χ2v) is 6.11. The van der Waals surface area contributed by atoms with Crippen molar-refractivity contribution in [2.75, 3.05) is 0 Å². The fourth-order valence-corrected chi connectivity index (χ4v) is 3.18. The zero-order chi connectivity index (χ0) is 17.9. The molecule has 3 aromatic carbocycles. The molecule has 0 amide bonds. The summed E-state index contributed by atoms with van der Waals surface area (Å²) < 4.78 is 1.76. The molecule has 0 unspecified atom stereocenters. The van der Waals surface area contributed by atoms with Crippen LogP contribution >= 0.6 is 0 Å². The Balaban J connectivity index is 2.07. The van der Waals surface area contributed by atoms with Gasteiger partial charge in [0.1, 0.15) is 11.4 Å². The van der Waals surface area contributed by atoms with Crippen LogP contribution in [0.5, 0.6) is 0 Å². The highest BCUT2D eigenvalue weighted by Gasteiger charge is 2.24. The zero-order valence-electron chi connectivity index (χ0n) is 14.5. The number of nitrogens with zero attached hydrogens (tertiary/aromatic N) is 2. The molecule has 0 atom stereocenters. The van der Waals surface area contributed by atoms with E-state index in [0.29, 0.717) is 5.69 Å². The first-order valence-corrected chi connectivity index (χ1v) is 8.56. The lowest BCUT2D eigenvalue weighted by atomic mass is 9.97. The first-order valence-electron chi connectivity index (χ1n) is 8.56. The minimum atomic E-state index is -0.0117. The molecule has 126 valence electrons. The maximum absolute atomic E-state index is 12.6. The molecule has 3 nitrogen and oxygen atoms in total. The molecule has 0 N–H and O–H groups in total. The van der Waals surface area contributed by atoms with Gasteiger partial charge < -0.3 is 0 Å². The Kier molecular flexibility index (Phi) is 4.20. The summed E-state index contributed by atoms with van der Waals surface area (Å²) >= 11 is 0. The van der Waals surface area contributed by atoms with Crippen LogP contribution in [0, 0.1) is 0 Å². The first kappa shape index (κ1) is 16.0. The molecule has 4 aromatic rings. The van der Waals surface area contributed by atoms with E-state index in [9.17, 15) is 4.79 Å². The summed E-state index contributed by atoms with van der Waals surface area (Å²) in [5.41, 5.74) is 5.12. The standard InChI is InChI=1S/C23H18N2O/c1-17(26)23-21(18-11-5-2-6-12-18)22(19-13-7-3-8-14-19)24-25(23)20-15-9-4-10-16-20/h2-16H,1H3. The Bertz CT molecular complexity index is 1040. The third kappa shape index (κ3) is 2.84. The number of carbonyl (C=O) groups excluding carboxylic acids is 1. The van der Waals surface area contributed by atoms with Gasteiger partial charge in [0, 0.05) is 18.1 Å². The number of Topliss-reactive ketones (excluding diaryl/α,β-unsaturated/α-hetero) is 1. The molecule has 3 heteroatoms. The minimum Gasteiger partial charge on any atom is -0.293 e. The molecule has 1 heterocycles. The second kappa shape index (κ2) is 6.81. The quantitative estimate of drug-likeness (QED) is 0.466. The summed E-state index contributed by atoms with van der Waals surface area (Å²) in [6, 6.07) is 29.7. The molecule has 0 saturated carbocycles. The molecule has 0 radical (unpaired) electrons. The van der Waals surface area contributed by atoms with Gasteiger partial charge in [0.25, 0.3) is 0 Å². The molecular weight excluding hydrogens is 320 g/mol. The van der Waals surface area contributed by atoms with Gasteiger partial charge in [0.2, 0.25) is 0 Å². The maximum atomic E-state index is 12.6. The smallest absolute Gasteiger partial charge is 0.178 e. The fraction of sp³-hybridized carbons (Fsp3) is 0.0435. The maximum Gasteiger partial charge on any atom is 0.178 e. The predicted octanol–water partition coefficient (Wildman–Crippen LogP) is 5.41. The van der Waals surface area contributed by atoms with Crippen LogP contribution in [0.3, 0.4) is 0 Å². The average molecular weight is 338 g/mol. The van der Waals surface area contributed by atoms with Gasteiger partial charge >= 0.3 is 0 Å². The lowest BCUT2D eigenvalue weighted by molar-refractivity contribution is 0.101. The average Bonchev–Trinajstić information content (AvgIpc) is 3.11. The van der Waals surface area contributed by atoms with Crippen molar-refractivity contribution in [3.8, 4) is 28.1 Å². The van der Waals surface area contributed by atoms with Crippen LogP contribution in [0.2, 0.25) is 0 Å². The Hall–Kier alpha value is -3.46. The largest absolute Gasteiger partial charge is 0.293 e. The van der Waals surface area contributed by atoms with E-state index in [1.54, 1.807) is 11.6 Å². The van der Waals surface area contributed by atoms with Crippen LogP contribution < -0.4 is 0 Å². The van der Waals surface area contributed by atoms with E-state index in [1.165, 1.54) is 0 Å². The van der Waals surface area contributed by atoms with Gasteiger partial charge in [-0.15, -0.1) is 0 Å². The highest BCUT2D eigenvalue weighted by molar-refractivity contribution is 6.03. The summed E-state index contributed by atoms with van der Waals surface area (Å²) in [4.78, 5) is 12.6. The number of hydrogen-bond donors (Lipinski definition) is 0. The monoisotopic (exact) mass is 338 g/mol. The van der Waals surface area contributed by atoms with Crippen LogP contribution in [0.4, 0.5) is 0 Å². The van der Waals surface area contributed by atoms with Crippen molar-refractivity contribution in [2.45, 2.75) is 6.92 Å². The van der Waals surface area contributed by atoms with Crippen molar-refractivity contribution in [1.82, 2.24) is 9.78 Å². The molecule has 0 aliphatic carbocycles. The predicted molar refractivity (Wildman–Crippen MR) is 104 cm³/mol. The van der Waals surface area contributed by atoms with Gasteiger partial charge in [0.15, 0.2) is 5.78 Å². The molecule has 1 aromatic heterocycles. The van der Waals surface area contributed by atoms with E-state index < -0.39 is 0 Å². The van der Waals surface area contributed by atoms with E-state index in [-0.39, 0.29) is 5.78 Å². The van der Waals surface area contributed by atoms with Crippen LogP contribution in [0.25, 0.3) is 28.1 Å². The number of para-hydroxylation sites is 1. The van der Waals surface area contributed by atoms with Gasteiger partial charge in [-0.25, -0.2) is 4.68 Å². The van der Waals surface area contributed by atoms with Gasteiger partial charge in [0.05, 0.1) is 5.69 Å². The summed E-state index contributed by atoms with van der Waals surface area (Å²) in [5, 5.41) is 4.84. The van der Waals surface area contributed by atoms with Crippen LogP contribution in [-0.2, 0) is 0 Å². The third-order valence-corrected chi connectivity index (χ3v) is 4.33. The van der Waals surface area contributed by atoms with Crippen LogP contribution in [-0.4, -0.2) is 15.6 Å². The Morgan fingerprint density at radius 3 is 1.77 bits per heavy atom. The zero-order valence-corrected chi connectivity index (χ0v) is 14.5. The summed E-state index contributed by atoms with van der Waals surface area (Å²) in [6.07, 6.45) is 0. The van der Waals surface area contributed by atoms with Gasteiger partial charge in [-0.2, -0.15) is 5.10 Å². The Morgan fingerprint density at radius 2 is 1.23 bits per heavy atom. The summed E-state index contributed by atoms with van der Waals surface area (Å²) in [7, 11) is 0. The number of carbonyl (C=O) groups is 1. The molecule has 4 rings (SSSR count). The van der Waals surface area contributed by atoms with Crippen molar-refractivity contribution >= 4 is 5.78 Å². The lowest BCUT2D eigenvalue weighted by Crippen LogP contribution is -2.06. The molecule has 0 fully saturated rings. The highest BCUT2D eigenvalue weighted by atomic mass is 16.1. The molecule has 26 heavy (non-hydrogen) atoms. The highest BCUT2D eigenvalue weighted by Crippen LogP contribution is 2.36. The number of benzene rings is 3. The SMILES string of the molecule is CC(=O)c1c(-c2ccccc2)c(-c2ccccc2)nn1-c1ccccc1. The minimum absolute atomic E-state index is 0.0117. The third-order valence-electron chi connectivity index (χ3n) is 4.33. The van der Waals surface area contributed by atoms with Gasteiger partial charge in [-0.1, -0.05) is 78.9 Å². The van der Waals surface area contributed by atoms with Crippen molar-refractivity contribution in [2.24, 2.45) is 0 Å². The summed E-state index contributed by atoms with van der Waals surface area (Å²) in [5.74, 6) is -0.0117. The van der Waals surface area contributed by atoms with E-state index in [0.717, 1.165) is 28.1 Å². The number of rotatable bonds is 4. The van der Waals surface area contributed by atoms with Gasteiger partial charge in [-0.3, -0.25) is 4.79 Å². The molecular formula is C23H18N2O. The van der Waals surface area contributed by atoms with E-state index in [2.05, 4.69) is 0 Å². The van der Waals surface area contributed by atoms with Crippen molar-refractivity contribution in [3.05, 3.63) is 96.7 Å². The molecule has 0 spiro atoms. The van der Waals surface area contributed by atoms with Crippen molar-refractivity contribution < 1.29 is 4.79 Å². The lowest BCUT2D eigenvalue weighted by Gasteiger charge is -2.07. The summed E-state index contributed by atoms with van der Waals surface area (Å²) in [6.45, 7) is 1.59. The number of aromatic nitrogens is 2. The molecule has 0 bridgehead atoms. The Labute approximate surface area is 152 Å². The van der Waals surface area contributed by atoms with Crippen LogP contribution in [0.15, 0.2) is 91.0 Å². The van der Waals surface area contributed by atoms with Crippen LogP contribution in [0.1, 0.15) is 17.4 Å². The molecule has 0 saturated heterocycles. The number of hydrogen-bond acceptors (Lipinski definition) is 2. The molecule has 0 aliphatic rings. The van der Waals surface area contributed by atoms with Crippen molar-refractivity contribution in [1.29, 1.82) is 0 Å². The molecule has 0 aliphatic heterocycles. The van der Waals surface area contributed by atoms with E-state index in [1.807, 2.05) is 91.0 Å². The topological polar surface area (TPSA) is 34.9 Å². The van der Waals surface area contributed by atoms with Gasteiger partial charge in [-0.05, 0) is 17.7 Å². The number of ketones is 1. The van der Waals surface area contributed by atoms with Crippen molar-refractivity contribution in [3.63, 3.8) is 0 Å². The normalized spacial score (nSPS) is 10.7. The fourth-order valence-electron chi connectivity index (χ4n) is 3.18. The Morgan fingerprint density at radius 1 is 0.731 bits per heavy atom. The second-order valence-electron chi connectivity index (χ2n) is 6.11. The van der Waals surface area contributed by atoms with E-state index in [4.69, 9.17) is 5.10 Å². The first-order chi connectivity index (χ1) is 12.8.